The predicted octanol–water partition coefficient (Wildman–Crippen LogP) is 4.54. The molecule has 0 bridgehead atoms. The van der Waals surface area contributed by atoms with Gasteiger partial charge in [0.1, 0.15) is 11.6 Å². The Kier molecular flexibility index (Phi) is 6.03. The van der Waals surface area contributed by atoms with E-state index in [1.165, 1.54) is 24.3 Å². The number of hydrogen-bond donors (Lipinski definition) is 1. The standard InChI is InChI=1S/C16H16ClF2NS/c1-20-14(8-11-2-3-13(19)9-16(11)17)10-21-15-6-4-12(18)5-7-15/h2-7,9,14,20H,8,10H2,1H3. The Morgan fingerprint density at radius 1 is 1.10 bits per heavy atom. The molecular formula is C16H16ClF2NS. The molecule has 0 aromatic heterocycles. The van der Waals surface area contributed by atoms with Crippen LogP contribution in [0.3, 0.4) is 0 Å². The first-order valence-electron chi connectivity index (χ1n) is 6.58. The Morgan fingerprint density at radius 3 is 2.38 bits per heavy atom. The lowest BCUT2D eigenvalue weighted by Gasteiger charge is -2.16. The van der Waals surface area contributed by atoms with Gasteiger partial charge in [-0.25, -0.2) is 8.78 Å². The van der Waals surface area contributed by atoms with Gasteiger partial charge in [-0.3, -0.25) is 0 Å². The summed E-state index contributed by atoms with van der Waals surface area (Å²) in [5, 5.41) is 3.67. The highest BCUT2D eigenvalue weighted by Gasteiger charge is 2.11. The molecule has 1 N–H and O–H groups in total. The summed E-state index contributed by atoms with van der Waals surface area (Å²) in [5.74, 6) is 0.253. The monoisotopic (exact) mass is 327 g/mol. The quantitative estimate of drug-likeness (QED) is 0.782. The van der Waals surface area contributed by atoms with Crippen LogP contribution in [0.1, 0.15) is 5.56 Å². The minimum Gasteiger partial charge on any atom is -0.316 e. The van der Waals surface area contributed by atoms with Crippen molar-refractivity contribution in [2.75, 3.05) is 12.8 Å². The first-order chi connectivity index (χ1) is 10.1. The maximum Gasteiger partial charge on any atom is 0.124 e. The van der Waals surface area contributed by atoms with Crippen molar-refractivity contribution in [3.8, 4) is 0 Å². The van der Waals surface area contributed by atoms with Crippen molar-refractivity contribution in [2.24, 2.45) is 0 Å². The normalized spacial score (nSPS) is 12.4. The van der Waals surface area contributed by atoms with E-state index in [1.54, 1.807) is 30.0 Å². The number of nitrogens with one attached hydrogen (secondary N) is 1. The molecule has 1 atom stereocenters. The van der Waals surface area contributed by atoms with E-state index in [0.29, 0.717) is 11.4 Å². The molecule has 112 valence electrons. The molecule has 2 aromatic carbocycles. The summed E-state index contributed by atoms with van der Waals surface area (Å²) in [6.45, 7) is 0. The van der Waals surface area contributed by atoms with Gasteiger partial charge in [-0.05, 0) is 55.4 Å². The smallest absolute Gasteiger partial charge is 0.124 e. The van der Waals surface area contributed by atoms with Crippen LogP contribution in [0.2, 0.25) is 5.02 Å². The lowest BCUT2D eigenvalue weighted by Crippen LogP contribution is -2.30. The van der Waals surface area contributed by atoms with Gasteiger partial charge in [-0.15, -0.1) is 11.8 Å². The van der Waals surface area contributed by atoms with Crippen LogP contribution in [0.15, 0.2) is 47.4 Å². The van der Waals surface area contributed by atoms with Crippen molar-refractivity contribution in [3.05, 3.63) is 64.7 Å². The Bertz CT molecular complexity index is 589. The van der Waals surface area contributed by atoms with Crippen LogP contribution in [0.25, 0.3) is 0 Å². The van der Waals surface area contributed by atoms with E-state index < -0.39 is 0 Å². The van der Waals surface area contributed by atoms with E-state index in [0.717, 1.165) is 16.2 Å². The number of hydrogen-bond acceptors (Lipinski definition) is 2. The molecule has 0 saturated carbocycles. The van der Waals surface area contributed by atoms with Crippen LogP contribution >= 0.6 is 23.4 Å². The topological polar surface area (TPSA) is 12.0 Å². The van der Waals surface area contributed by atoms with Gasteiger partial charge in [-0.2, -0.15) is 0 Å². The molecule has 1 unspecified atom stereocenters. The third-order valence-corrected chi connectivity index (χ3v) is 4.68. The lowest BCUT2D eigenvalue weighted by molar-refractivity contribution is 0.609. The Balaban J connectivity index is 1.95. The van der Waals surface area contributed by atoms with Crippen molar-refractivity contribution >= 4 is 23.4 Å². The first-order valence-corrected chi connectivity index (χ1v) is 7.94. The molecule has 5 heteroatoms. The van der Waals surface area contributed by atoms with E-state index in [1.807, 2.05) is 7.05 Å². The van der Waals surface area contributed by atoms with Crippen LogP contribution < -0.4 is 5.32 Å². The fourth-order valence-electron chi connectivity index (χ4n) is 1.92. The largest absolute Gasteiger partial charge is 0.316 e. The molecule has 0 aliphatic heterocycles. The minimum atomic E-state index is -0.328. The summed E-state index contributed by atoms with van der Waals surface area (Å²) in [4.78, 5) is 1.02. The fourth-order valence-corrected chi connectivity index (χ4v) is 3.18. The molecule has 0 radical (unpaired) electrons. The second kappa shape index (κ2) is 7.78. The molecule has 1 nitrogen and oxygen atoms in total. The van der Waals surface area contributed by atoms with Gasteiger partial charge in [0, 0.05) is 21.7 Å². The molecule has 21 heavy (non-hydrogen) atoms. The van der Waals surface area contributed by atoms with Gasteiger partial charge in [-0.1, -0.05) is 17.7 Å². The molecule has 2 rings (SSSR count). The summed E-state index contributed by atoms with van der Waals surface area (Å²) in [5.41, 5.74) is 0.914. The van der Waals surface area contributed by atoms with E-state index in [-0.39, 0.29) is 17.7 Å². The van der Waals surface area contributed by atoms with Gasteiger partial charge < -0.3 is 5.32 Å². The summed E-state index contributed by atoms with van der Waals surface area (Å²) in [7, 11) is 1.88. The molecule has 0 saturated heterocycles. The van der Waals surface area contributed by atoms with Crippen LogP contribution in [-0.2, 0) is 6.42 Å². The van der Waals surface area contributed by atoms with Crippen molar-refractivity contribution < 1.29 is 8.78 Å². The van der Waals surface area contributed by atoms with Crippen LogP contribution in [-0.4, -0.2) is 18.8 Å². The van der Waals surface area contributed by atoms with Gasteiger partial charge in [0.2, 0.25) is 0 Å². The second-order valence-electron chi connectivity index (χ2n) is 4.69. The highest BCUT2D eigenvalue weighted by molar-refractivity contribution is 7.99. The zero-order chi connectivity index (χ0) is 15.2. The maximum absolute atomic E-state index is 13.0. The fraction of sp³-hybridized carbons (Fsp3) is 0.250. The van der Waals surface area contributed by atoms with Crippen LogP contribution in [0.4, 0.5) is 8.78 Å². The second-order valence-corrected chi connectivity index (χ2v) is 6.19. The van der Waals surface area contributed by atoms with E-state index in [2.05, 4.69) is 5.32 Å². The van der Waals surface area contributed by atoms with Crippen molar-refractivity contribution in [2.45, 2.75) is 17.4 Å². The maximum atomic E-state index is 13.0. The minimum absolute atomic E-state index is 0.197. The number of thioether (sulfide) groups is 1. The molecule has 0 spiro atoms. The van der Waals surface area contributed by atoms with Crippen molar-refractivity contribution in [1.82, 2.24) is 5.32 Å². The predicted molar refractivity (Wildman–Crippen MR) is 85.1 cm³/mol. The number of likely N-dealkylation sites (N-methyl/N-ethyl adjacent to an activating group) is 1. The summed E-state index contributed by atoms with van der Waals surface area (Å²) in [6, 6.07) is 11.1. The third-order valence-electron chi connectivity index (χ3n) is 3.15. The van der Waals surface area contributed by atoms with Gasteiger partial charge in [0.15, 0.2) is 0 Å². The average molecular weight is 328 g/mol. The average Bonchev–Trinajstić information content (AvgIpc) is 2.47. The number of rotatable bonds is 6. The first kappa shape index (κ1) is 16.3. The van der Waals surface area contributed by atoms with Crippen molar-refractivity contribution in [3.63, 3.8) is 0 Å². The molecule has 2 aromatic rings. The molecule has 0 fully saturated rings. The molecule has 0 aliphatic rings. The molecule has 0 amide bonds. The number of benzene rings is 2. The lowest BCUT2D eigenvalue weighted by atomic mass is 10.1. The zero-order valence-corrected chi connectivity index (χ0v) is 13.1. The SMILES string of the molecule is CNC(CSc1ccc(F)cc1)Cc1ccc(F)cc1Cl. The van der Waals surface area contributed by atoms with E-state index >= 15 is 0 Å². The van der Waals surface area contributed by atoms with Crippen LogP contribution in [0, 0.1) is 11.6 Å². The van der Waals surface area contributed by atoms with Gasteiger partial charge in [0.25, 0.3) is 0 Å². The zero-order valence-electron chi connectivity index (χ0n) is 11.6. The molecule has 0 heterocycles. The summed E-state index contributed by atoms with van der Waals surface area (Å²) < 4.78 is 25.9. The Morgan fingerprint density at radius 2 is 1.76 bits per heavy atom. The van der Waals surface area contributed by atoms with Gasteiger partial charge in [0.05, 0.1) is 0 Å². The Hall–Kier alpha value is -1.10. The highest BCUT2D eigenvalue weighted by atomic mass is 35.5. The molecule has 0 aliphatic carbocycles. The highest BCUT2D eigenvalue weighted by Crippen LogP contribution is 2.23. The Labute approximate surface area is 132 Å². The van der Waals surface area contributed by atoms with E-state index in [4.69, 9.17) is 11.6 Å². The summed E-state index contributed by atoms with van der Waals surface area (Å²) >= 11 is 7.69. The van der Waals surface area contributed by atoms with Crippen molar-refractivity contribution in [1.29, 1.82) is 0 Å². The molecular weight excluding hydrogens is 312 g/mol. The van der Waals surface area contributed by atoms with E-state index in [9.17, 15) is 8.78 Å². The van der Waals surface area contributed by atoms with Crippen LogP contribution in [0.5, 0.6) is 0 Å². The third kappa shape index (κ3) is 4.99. The van der Waals surface area contributed by atoms with Gasteiger partial charge >= 0.3 is 0 Å². The number of halogens is 3. The summed E-state index contributed by atoms with van der Waals surface area (Å²) in [6.07, 6.45) is 0.712.